The fourth-order valence-corrected chi connectivity index (χ4v) is 3.88. The van der Waals surface area contributed by atoms with E-state index in [9.17, 15) is 9.18 Å². The Morgan fingerprint density at radius 3 is 2.61 bits per heavy atom. The average molecular weight is 481 g/mol. The highest BCUT2D eigenvalue weighted by molar-refractivity contribution is 6.33. The van der Waals surface area contributed by atoms with Gasteiger partial charge in [-0.2, -0.15) is 0 Å². The molecule has 0 unspecified atom stereocenters. The van der Waals surface area contributed by atoms with E-state index in [1.165, 1.54) is 18.2 Å². The molecule has 8 heteroatoms. The summed E-state index contributed by atoms with van der Waals surface area (Å²) >= 11 is 12.3. The molecule has 5 rings (SSSR count). The molecule has 0 aliphatic heterocycles. The maximum absolute atomic E-state index is 13.3. The number of rotatable bonds is 4. The zero-order valence-corrected chi connectivity index (χ0v) is 18.7. The lowest BCUT2D eigenvalue weighted by Crippen LogP contribution is -2.10. The Bertz CT molecular complexity index is 1520. The Morgan fingerprint density at radius 2 is 1.79 bits per heavy atom. The van der Waals surface area contributed by atoms with Gasteiger partial charge in [0.15, 0.2) is 11.3 Å². The highest BCUT2D eigenvalue weighted by Crippen LogP contribution is 2.32. The van der Waals surface area contributed by atoms with E-state index in [-0.39, 0.29) is 16.7 Å². The van der Waals surface area contributed by atoms with Gasteiger partial charge in [-0.05, 0) is 67.1 Å². The van der Waals surface area contributed by atoms with Gasteiger partial charge >= 0.3 is 0 Å². The fraction of sp³-hybridized carbons (Fsp3) is 0.0400. The number of carbonyl (C=O) groups excluding carboxylic acids is 1. The first-order valence-electron chi connectivity index (χ1n) is 9.92. The van der Waals surface area contributed by atoms with Crippen molar-refractivity contribution in [1.29, 1.82) is 0 Å². The molecule has 0 atom stereocenters. The van der Waals surface area contributed by atoms with E-state index < -0.39 is 11.7 Å². The molecule has 164 valence electrons. The summed E-state index contributed by atoms with van der Waals surface area (Å²) in [5, 5.41) is 3.61. The van der Waals surface area contributed by atoms with Gasteiger partial charge in [-0.15, -0.1) is 0 Å². The summed E-state index contributed by atoms with van der Waals surface area (Å²) in [6, 6.07) is 17.9. The molecule has 0 spiro atoms. The van der Waals surface area contributed by atoms with E-state index >= 15 is 0 Å². The number of benzene rings is 3. The molecule has 2 aromatic heterocycles. The smallest absolute Gasteiger partial charge is 0.291 e. The molecule has 0 saturated heterocycles. The molecule has 33 heavy (non-hydrogen) atoms. The van der Waals surface area contributed by atoms with Crippen molar-refractivity contribution in [3.8, 4) is 22.8 Å². The van der Waals surface area contributed by atoms with Crippen LogP contribution in [0.25, 0.3) is 33.9 Å². The largest absolute Gasteiger partial charge is 0.451 e. The summed E-state index contributed by atoms with van der Waals surface area (Å²) in [6.07, 6.45) is 0. The number of aromatic nitrogens is 1. The Hall–Kier alpha value is -3.61. The molecule has 0 radical (unpaired) electrons. The molecule has 3 aromatic carbocycles. The monoisotopic (exact) mass is 480 g/mol. The molecule has 0 saturated carbocycles. The third-order valence-corrected chi connectivity index (χ3v) is 5.89. The van der Waals surface area contributed by atoms with Gasteiger partial charge in [0.1, 0.15) is 17.1 Å². The van der Waals surface area contributed by atoms with E-state index in [4.69, 9.17) is 32.0 Å². The van der Waals surface area contributed by atoms with Gasteiger partial charge in [0.2, 0.25) is 5.89 Å². The zero-order valence-electron chi connectivity index (χ0n) is 17.2. The number of nitrogens with zero attached hydrogens (tertiary/aromatic N) is 1. The van der Waals surface area contributed by atoms with Gasteiger partial charge in [0, 0.05) is 16.3 Å². The maximum atomic E-state index is 13.3. The third-order valence-electron chi connectivity index (χ3n) is 5.17. The number of hydrogen-bond donors (Lipinski definition) is 1. The van der Waals surface area contributed by atoms with Gasteiger partial charge in [0.25, 0.3) is 5.91 Å². The van der Waals surface area contributed by atoms with Crippen LogP contribution in [0.1, 0.15) is 16.1 Å². The summed E-state index contributed by atoms with van der Waals surface area (Å²) < 4.78 is 24.8. The van der Waals surface area contributed by atoms with Crippen molar-refractivity contribution in [1.82, 2.24) is 4.98 Å². The van der Waals surface area contributed by atoms with E-state index in [2.05, 4.69) is 10.3 Å². The summed E-state index contributed by atoms with van der Waals surface area (Å²) in [5.74, 6) is 0.101. The van der Waals surface area contributed by atoms with E-state index in [1.807, 2.05) is 19.1 Å². The number of hydrogen-bond acceptors (Lipinski definition) is 4. The number of amides is 1. The summed E-state index contributed by atoms with van der Waals surface area (Å²) in [7, 11) is 0. The number of halogens is 3. The molecule has 5 nitrogen and oxygen atoms in total. The minimum absolute atomic E-state index is 0.156. The Kier molecular flexibility index (Phi) is 5.40. The second-order valence-electron chi connectivity index (χ2n) is 7.36. The lowest BCUT2D eigenvalue weighted by Gasteiger charge is -2.05. The SMILES string of the molecule is Cc1c(Cl)cccc1-c1ccc(C(=O)Nc2ccc3oc(-c4ccc(F)cc4Cl)nc3c2)o1. The minimum Gasteiger partial charge on any atom is -0.451 e. The standard InChI is InChI=1S/C25H15Cl2FN2O3/c1-13-16(3-2-4-18(13)26)21-9-10-23(32-21)24(31)29-15-6-8-22-20(12-15)30-25(33-22)17-7-5-14(28)11-19(17)27/h2-12H,1H3,(H,29,31). The number of nitrogens with one attached hydrogen (secondary N) is 1. The third kappa shape index (κ3) is 4.11. The Labute approximate surface area is 197 Å². The van der Waals surface area contributed by atoms with Crippen LogP contribution in [-0.4, -0.2) is 10.9 Å². The van der Waals surface area contributed by atoms with Crippen molar-refractivity contribution in [2.45, 2.75) is 6.92 Å². The van der Waals surface area contributed by atoms with Crippen LogP contribution >= 0.6 is 23.2 Å². The first kappa shape index (κ1) is 21.2. The topological polar surface area (TPSA) is 68.3 Å². The van der Waals surface area contributed by atoms with Crippen LogP contribution in [0, 0.1) is 12.7 Å². The number of fused-ring (bicyclic) bond motifs is 1. The number of oxazole rings is 1. The molecular weight excluding hydrogens is 466 g/mol. The van der Waals surface area contributed by atoms with Crippen LogP contribution in [0.15, 0.2) is 75.6 Å². The van der Waals surface area contributed by atoms with Crippen molar-refractivity contribution in [3.05, 3.63) is 93.9 Å². The summed E-state index contributed by atoms with van der Waals surface area (Å²) in [6.45, 7) is 1.89. The normalized spacial score (nSPS) is 11.2. The minimum atomic E-state index is -0.448. The van der Waals surface area contributed by atoms with Crippen LogP contribution in [-0.2, 0) is 0 Å². The maximum Gasteiger partial charge on any atom is 0.291 e. The van der Waals surface area contributed by atoms with Crippen LogP contribution in [0.2, 0.25) is 10.0 Å². The molecule has 5 aromatic rings. The zero-order chi connectivity index (χ0) is 23.1. The molecular formula is C25H15Cl2FN2O3. The van der Waals surface area contributed by atoms with Crippen LogP contribution in [0.5, 0.6) is 0 Å². The predicted molar refractivity (Wildman–Crippen MR) is 126 cm³/mol. The van der Waals surface area contributed by atoms with Gasteiger partial charge in [0.05, 0.1) is 10.6 Å². The Balaban J connectivity index is 1.39. The molecule has 0 fully saturated rings. The molecule has 0 aliphatic rings. The van der Waals surface area contributed by atoms with Crippen molar-refractivity contribution in [3.63, 3.8) is 0 Å². The second-order valence-corrected chi connectivity index (χ2v) is 8.17. The van der Waals surface area contributed by atoms with E-state index in [0.717, 1.165) is 11.1 Å². The lowest BCUT2D eigenvalue weighted by atomic mass is 10.1. The molecule has 0 bridgehead atoms. The molecule has 0 aliphatic carbocycles. The van der Waals surface area contributed by atoms with Gasteiger partial charge < -0.3 is 14.2 Å². The second kappa shape index (κ2) is 8.39. The lowest BCUT2D eigenvalue weighted by molar-refractivity contribution is 0.0997. The molecule has 1 amide bonds. The summed E-state index contributed by atoms with van der Waals surface area (Å²) in [5.41, 5.74) is 3.68. The van der Waals surface area contributed by atoms with Crippen molar-refractivity contribution in [2.75, 3.05) is 5.32 Å². The fourth-order valence-electron chi connectivity index (χ4n) is 3.46. The van der Waals surface area contributed by atoms with Crippen LogP contribution in [0.3, 0.4) is 0 Å². The summed E-state index contributed by atoms with van der Waals surface area (Å²) in [4.78, 5) is 17.1. The number of furan rings is 1. The van der Waals surface area contributed by atoms with Crippen molar-refractivity contribution in [2.24, 2.45) is 0 Å². The van der Waals surface area contributed by atoms with Crippen LogP contribution < -0.4 is 5.32 Å². The number of carbonyl (C=O) groups is 1. The number of anilines is 1. The predicted octanol–water partition coefficient (Wildman–Crippen LogP) is 7.76. The quantitative estimate of drug-likeness (QED) is 0.285. The van der Waals surface area contributed by atoms with Gasteiger partial charge in [-0.25, -0.2) is 9.37 Å². The first-order chi connectivity index (χ1) is 15.9. The molecule has 1 N–H and O–H groups in total. The van der Waals surface area contributed by atoms with E-state index in [0.29, 0.717) is 33.1 Å². The van der Waals surface area contributed by atoms with Crippen molar-refractivity contribution < 1.29 is 18.0 Å². The average Bonchev–Trinajstić information content (AvgIpc) is 3.43. The Morgan fingerprint density at radius 1 is 0.939 bits per heavy atom. The molecule has 2 heterocycles. The first-order valence-corrected chi connectivity index (χ1v) is 10.7. The van der Waals surface area contributed by atoms with E-state index in [1.54, 1.807) is 36.4 Å². The van der Waals surface area contributed by atoms with Gasteiger partial charge in [-0.3, -0.25) is 4.79 Å². The highest BCUT2D eigenvalue weighted by atomic mass is 35.5. The van der Waals surface area contributed by atoms with Crippen LogP contribution in [0.4, 0.5) is 10.1 Å². The highest BCUT2D eigenvalue weighted by Gasteiger charge is 2.16. The van der Waals surface area contributed by atoms with Crippen molar-refractivity contribution >= 4 is 45.9 Å². The van der Waals surface area contributed by atoms with Gasteiger partial charge in [-0.1, -0.05) is 35.3 Å².